The van der Waals surface area contributed by atoms with E-state index >= 15 is 0 Å². The molecule has 0 unspecified atom stereocenters. The van der Waals surface area contributed by atoms with Gasteiger partial charge in [0.1, 0.15) is 12.4 Å². The van der Waals surface area contributed by atoms with Crippen molar-refractivity contribution in [3.63, 3.8) is 0 Å². The molecule has 4 rings (SSSR count). The Morgan fingerprint density at radius 2 is 1.63 bits per heavy atom. The van der Waals surface area contributed by atoms with Crippen LogP contribution >= 0.6 is 23.8 Å². The highest BCUT2D eigenvalue weighted by atomic mass is 35.5. The Balaban J connectivity index is 1.39. The molecule has 49 heavy (non-hydrogen) atoms. The van der Waals surface area contributed by atoms with Gasteiger partial charge in [0.2, 0.25) is 0 Å². The minimum absolute atomic E-state index is 0.177. The molecule has 258 valence electrons. The van der Waals surface area contributed by atoms with Crippen molar-refractivity contribution in [1.29, 1.82) is 0 Å². The Morgan fingerprint density at radius 1 is 0.918 bits per heavy atom. The number of nitrogens with zero attached hydrogens (tertiary/aromatic N) is 1. The van der Waals surface area contributed by atoms with Crippen LogP contribution in [-0.2, 0) is 25.7 Å². The van der Waals surface area contributed by atoms with Gasteiger partial charge in [0, 0.05) is 11.3 Å². The molecular formula is C35H37ClN4O8S. The topological polar surface area (TPSA) is 146 Å². The van der Waals surface area contributed by atoms with Gasteiger partial charge in [0.05, 0.1) is 48.2 Å². The lowest BCUT2D eigenvalue weighted by Gasteiger charge is -2.30. The molecule has 3 aromatic rings. The molecule has 0 bridgehead atoms. The van der Waals surface area contributed by atoms with E-state index in [2.05, 4.69) is 21.2 Å². The van der Waals surface area contributed by atoms with Crippen molar-refractivity contribution in [2.75, 3.05) is 26.4 Å². The van der Waals surface area contributed by atoms with Crippen LogP contribution in [0.2, 0.25) is 5.02 Å². The molecule has 0 aromatic heterocycles. The number of benzene rings is 3. The summed E-state index contributed by atoms with van der Waals surface area (Å²) in [5, 5.41) is 10.7. The SMILES string of the molecule is CCOC(=O)C1=C(C)NC(=S)N[C@H]1c1ccccc1OCC(=O)NN=Cc1cc(Cl)c(OCc2ccc(C(=O)OCC)cc2)c(OCC)c1. The van der Waals surface area contributed by atoms with Crippen molar-refractivity contribution in [3.05, 3.63) is 99.2 Å². The number of rotatable bonds is 15. The van der Waals surface area contributed by atoms with E-state index in [9.17, 15) is 14.4 Å². The number of ether oxygens (including phenoxy) is 5. The molecule has 1 amide bonds. The van der Waals surface area contributed by atoms with Gasteiger partial charge in [-0.2, -0.15) is 5.10 Å². The van der Waals surface area contributed by atoms with Crippen molar-refractivity contribution in [3.8, 4) is 17.2 Å². The zero-order chi connectivity index (χ0) is 35.3. The number of halogens is 1. The summed E-state index contributed by atoms with van der Waals surface area (Å²) in [5.41, 5.74) is 5.75. The molecule has 0 spiro atoms. The number of allylic oxidation sites excluding steroid dienone is 1. The van der Waals surface area contributed by atoms with Gasteiger partial charge in [0.15, 0.2) is 23.2 Å². The smallest absolute Gasteiger partial charge is 0.338 e. The minimum Gasteiger partial charge on any atom is -0.490 e. The number of amides is 1. The van der Waals surface area contributed by atoms with Crippen molar-refractivity contribution >= 4 is 53.0 Å². The molecule has 1 aliphatic rings. The van der Waals surface area contributed by atoms with Crippen LogP contribution in [-0.4, -0.2) is 55.6 Å². The predicted octanol–water partition coefficient (Wildman–Crippen LogP) is 5.38. The molecule has 1 atom stereocenters. The molecule has 1 heterocycles. The number of nitrogens with one attached hydrogen (secondary N) is 3. The number of carbonyl (C=O) groups is 3. The monoisotopic (exact) mass is 708 g/mol. The Hall–Kier alpha value is -5.14. The van der Waals surface area contributed by atoms with Gasteiger partial charge in [-0.25, -0.2) is 15.0 Å². The zero-order valence-corrected chi connectivity index (χ0v) is 29.0. The summed E-state index contributed by atoms with van der Waals surface area (Å²) < 4.78 is 27.9. The van der Waals surface area contributed by atoms with Crippen LogP contribution in [0.5, 0.6) is 17.2 Å². The summed E-state index contributed by atoms with van der Waals surface area (Å²) in [6, 6.07) is 16.5. The molecule has 1 aliphatic heterocycles. The zero-order valence-electron chi connectivity index (χ0n) is 27.5. The lowest BCUT2D eigenvalue weighted by molar-refractivity contribution is -0.139. The maximum Gasteiger partial charge on any atom is 0.338 e. The van der Waals surface area contributed by atoms with E-state index in [0.717, 1.165) is 5.56 Å². The number of hydrogen-bond acceptors (Lipinski definition) is 10. The van der Waals surface area contributed by atoms with E-state index in [0.29, 0.717) is 63.5 Å². The summed E-state index contributed by atoms with van der Waals surface area (Å²) in [6.07, 6.45) is 1.41. The molecule has 3 N–H and O–H groups in total. The van der Waals surface area contributed by atoms with Crippen LogP contribution in [0.15, 0.2) is 77.0 Å². The fraction of sp³-hybridized carbons (Fsp3) is 0.286. The van der Waals surface area contributed by atoms with Gasteiger partial charge in [-0.05, 0) is 81.4 Å². The first-order chi connectivity index (χ1) is 23.6. The fourth-order valence-corrected chi connectivity index (χ4v) is 5.33. The number of para-hydroxylation sites is 1. The van der Waals surface area contributed by atoms with E-state index < -0.39 is 23.9 Å². The Kier molecular flexibility index (Phi) is 13.4. The summed E-state index contributed by atoms with van der Waals surface area (Å²) >= 11 is 11.9. The standard InChI is InChI=1S/C35H37ClN4O8S/c1-5-44-28-17-23(16-26(36)32(28)48-19-22-12-14-24(15-13-22)33(42)45-6-2)18-37-40-29(41)20-47-27-11-9-8-10-25(27)31-30(34(43)46-7-3)21(4)38-35(49)39-31/h8-18,31H,5-7,19-20H2,1-4H3,(H,40,41)(H2,38,39,49)/t31-/m0/s1. The summed E-state index contributed by atoms with van der Waals surface area (Å²) in [7, 11) is 0. The predicted molar refractivity (Wildman–Crippen MR) is 188 cm³/mol. The van der Waals surface area contributed by atoms with Crippen LogP contribution in [0.25, 0.3) is 0 Å². The lowest BCUT2D eigenvalue weighted by Crippen LogP contribution is -2.45. The quantitative estimate of drug-likeness (QED) is 0.0810. The van der Waals surface area contributed by atoms with Crippen LogP contribution in [0.3, 0.4) is 0 Å². The summed E-state index contributed by atoms with van der Waals surface area (Å²) in [4.78, 5) is 37.4. The highest BCUT2D eigenvalue weighted by molar-refractivity contribution is 7.80. The van der Waals surface area contributed by atoms with Crippen LogP contribution in [0, 0.1) is 0 Å². The number of carbonyl (C=O) groups excluding carboxylic acids is 3. The van der Waals surface area contributed by atoms with E-state index in [1.165, 1.54) is 6.21 Å². The first kappa shape index (κ1) is 36.7. The van der Waals surface area contributed by atoms with E-state index in [1.807, 2.05) is 6.92 Å². The number of hydrazone groups is 1. The van der Waals surface area contributed by atoms with E-state index in [4.69, 9.17) is 47.5 Å². The maximum absolute atomic E-state index is 12.8. The maximum atomic E-state index is 12.8. The minimum atomic E-state index is -0.654. The third-order valence-electron chi connectivity index (χ3n) is 6.94. The Morgan fingerprint density at radius 3 is 2.35 bits per heavy atom. The molecule has 12 nitrogen and oxygen atoms in total. The van der Waals surface area contributed by atoms with Gasteiger partial charge >= 0.3 is 11.9 Å². The van der Waals surface area contributed by atoms with Crippen molar-refractivity contribution in [1.82, 2.24) is 16.1 Å². The van der Waals surface area contributed by atoms with Gasteiger partial charge in [0.25, 0.3) is 5.91 Å². The van der Waals surface area contributed by atoms with Crippen molar-refractivity contribution < 1.29 is 38.1 Å². The summed E-state index contributed by atoms with van der Waals surface area (Å²) in [6.45, 7) is 7.72. The second kappa shape index (κ2) is 17.9. The van der Waals surface area contributed by atoms with Gasteiger partial charge in [-0.1, -0.05) is 41.9 Å². The normalized spacial score (nSPS) is 14.1. The second-order valence-electron chi connectivity index (χ2n) is 10.4. The molecule has 0 radical (unpaired) electrons. The first-order valence-corrected chi connectivity index (χ1v) is 16.3. The largest absolute Gasteiger partial charge is 0.490 e. The van der Waals surface area contributed by atoms with Crippen molar-refractivity contribution in [2.45, 2.75) is 40.3 Å². The molecule has 14 heteroatoms. The average Bonchev–Trinajstić information content (AvgIpc) is 3.07. The Bertz CT molecular complexity index is 1750. The third-order valence-corrected chi connectivity index (χ3v) is 7.44. The molecule has 0 aliphatic carbocycles. The van der Waals surface area contributed by atoms with E-state index in [-0.39, 0.29) is 24.8 Å². The first-order valence-electron chi connectivity index (χ1n) is 15.5. The molecule has 0 saturated heterocycles. The van der Waals surface area contributed by atoms with E-state index in [1.54, 1.807) is 81.4 Å². The third kappa shape index (κ3) is 9.94. The highest BCUT2D eigenvalue weighted by Gasteiger charge is 2.32. The molecule has 3 aromatic carbocycles. The van der Waals surface area contributed by atoms with Crippen LogP contribution in [0.4, 0.5) is 0 Å². The highest BCUT2D eigenvalue weighted by Crippen LogP contribution is 2.37. The second-order valence-corrected chi connectivity index (χ2v) is 11.2. The number of esters is 2. The molecule has 0 fully saturated rings. The fourth-order valence-electron chi connectivity index (χ4n) is 4.78. The average molecular weight is 709 g/mol. The van der Waals surface area contributed by atoms with Gasteiger partial charge in [-0.15, -0.1) is 0 Å². The van der Waals surface area contributed by atoms with Crippen molar-refractivity contribution in [2.24, 2.45) is 5.10 Å². The summed E-state index contributed by atoms with van der Waals surface area (Å²) in [5.74, 6) is -0.310. The Labute approximate surface area is 294 Å². The van der Waals surface area contributed by atoms with Crippen LogP contribution in [0.1, 0.15) is 60.8 Å². The molecular weight excluding hydrogens is 672 g/mol. The van der Waals surface area contributed by atoms with Gasteiger partial charge < -0.3 is 34.3 Å². The lowest BCUT2D eigenvalue weighted by atomic mass is 9.95. The number of hydrogen-bond donors (Lipinski definition) is 3. The van der Waals surface area contributed by atoms with Crippen LogP contribution < -0.4 is 30.3 Å². The molecule has 0 saturated carbocycles. The van der Waals surface area contributed by atoms with Gasteiger partial charge in [-0.3, -0.25) is 4.79 Å². The number of thiocarbonyl (C=S) groups is 1.